The molecule has 132 valence electrons. The number of ether oxygens (including phenoxy) is 2. The zero-order valence-corrected chi connectivity index (χ0v) is 14.5. The number of anilines is 1. The van der Waals surface area contributed by atoms with Crippen molar-refractivity contribution in [2.24, 2.45) is 0 Å². The number of hydrogen-bond donors (Lipinski definition) is 1. The van der Waals surface area contributed by atoms with Crippen LogP contribution < -0.4 is 14.8 Å². The molecule has 0 radical (unpaired) electrons. The van der Waals surface area contributed by atoms with E-state index in [1.165, 1.54) is 5.56 Å². The molecule has 5 heteroatoms. The molecule has 3 aromatic rings. The second kappa shape index (κ2) is 6.96. The fourth-order valence-corrected chi connectivity index (χ4v) is 3.25. The number of amides is 1. The smallest absolute Gasteiger partial charge is 0.231 e. The molecule has 1 amide bonds. The van der Waals surface area contributed by atoms with Crippen molar-refractivity contribution in [1.29, 1.82) is 0 Å². The Morgan fingerprint density at radius 1 is 1.08 bits per heavy atom. The Labute approximate surface area is 152 Å². The van der Waals surface area contributed by atoms with Crippen LogP contribution in [0.5, 0.6) is 11.5 Å². The first-order valence-electron chi connectivity index (χ1n) is 8.58. The topological polar surface area (TPSA) is 52.5 Å². The summed E-state index contributed by atoms with van der Waals surface area (Å²) in [7, 11) is 0. The third-order valence-electron chi connectivity index (χ3n) is 4.57. The van der Waals surface area contributed by atoms with Gasteiger partial charge in [-0.15, -0.1) is 0 Å². The Kier molecular flexibility index (Phi) is 4.35. The number of aryl methyl sites for hydroxylation is 1. The molecule has 1 aromatic heterocycles. The lowest BCUT2D eigenvalue weighted by molar-refractivity contribution is -0.116. The molecule has 1 unspecified atom stereocenters. The second-order valence-electron chi connectivity index (χ2n) is 6.32. The van der Waals surface area contributed by atoms with Gasteiger partial charge in [-0.1, -0.05) is 24.3 Å². The van der Waals surface area contributed by atoms with Gasteiger partial charge in [0.2, 0.25) is 12.7 Å². The molecule has 2 heterocycles. The van der Waals surface area contributed by atoms with Gasteiger partial charge in [0.05, 0.1) is 12.5 Å². The van der Waals surface area contributed by atoms with Gasteiger partial charge in [0, 0.05) is 24.1 Å². The summed E-state index contributed by atoms with van der Waals surface area (Å²) >= 11 is 0. The van der Waals surface area contributed by atoms with E-state index < -0.39 is 0 Å². The van der Waals surface area contributed by atoms with Gasteiger partial charge in [-0.05, 0) is 42.3 Å². The SMILES string of the molecule is Cc1ccccc1C(CC(=O)Nc1ccc2c(c1)OCO2)n1cccc1. The van der Waals surface area contributed by atoms with Crippen LogP contribution in [-0.4, -0.2) is 17.3 Å². The monoisotopic (exact) mass is 348 g/mol. The van der Waals surface area contributed by atoms with Crippen LogP contribution >= 0.6 is 0 Å². The van der Waals surface area contributed by atoms with Crippen molar-refractivity contribution in [3.8, 4) is 11.5 Å². The number of nitrogens with zero attached hydrogens (tertiary/aromatic N) is 1. The van der Waals surface area contributed by atoms with Crippen molar-refractivity contribution in [2.45, 2.75) is 19.4 Å². The fourth-order valence-electron chi connectivity index (χ4n) is 3.25. The van der Waals surface area contributed by atoms with Gasteiger partial charge in [-0.3, -0.25) is 4.79 Å². The minimum absolute atomic E-state index is 0.0502. The van der Waals surface area contributed by atoms with Crippen LogP contribution in [-0.2, 0) is 4.79 Å². The van der Waals surface area contributed by atoms with Gasteiger partial charge in [0.1, 0.15) is 0 Å². The summed E-state index contributed by atoms with van der Waals surface area (Å²) in [6.07, 6.45) is 4.32. The van der Waals surface area contributed by atoms with Gasteiger partial charge in [-0.2, -0.15) is 0 Å². The van der Waals surface area contributed by atoms with Crippen molar-refractivity contribution in [1.82, 2.24) is 4.57 Å². The molecule has 26 heavy (non-hydrogen) atoms. The van der Waals surface area contributed by atoms with Crippen LogP contribution in [0.3, 0.4) is 0 Å². The van der Waals surface area contributed by atoms with Crippen LogP contribution in [0.1, 0.15) is 23.6 Å². The van der Waals surface area contributed by atoms with Crippen molar-refractivity contribution < 1.29 is 14.3 Å². The Morgan fingerprint density at radius 2 is 1.85 bits per heavy atom. The van der Waals surface area contributed by atoms with Crippen molar-refractivity contribution in [3.63, 3.8) is 0 Å². The number of aromatic nitrogens is 1. The maximum Gasteiger partial charge on any atom is 0.231 e. The maximum atomic E-state index is 12.7. The minimum atomic E-state index is -0.0554. The molecule has 0 spiro atoms. The average molecular weight is 348 g/mol. The Hall–Kier alpha value is -3.21. The normalized spacial score (nSPS) is 13.4. The average Bonchev–Trinajstić information content (AvgIpc) is 3.32. The Morgan fingerprint density at radius 3 is 2.65 bits per heavy atom. The molecule has 0 saturated carbocycles. The number of fused-ring (bicyclic) bond motifs is 1. The van der Waals surface area contributed by atoms with Gasteiger partial charge in [-0.25, -0.2) is 0 Å². The van der Waals surface area contributed by atoms with Crippen molar-refractivity contribution in [3.05, 3.63) is 78.1 Å². The van der Waals surface area contributed by atoms with Gasteiger partial charge in [0.15, 0.2) is 11.5 Å². The van der Waals surface area contributed by atoms with Crippen molar-refractivity contribution in [2.75, 3.05) is 12.1 Å². The summed E-state index contributed by atoms with van der Waals surface area (Å²) in [5.74, 6) is 1.31. The molecule has 0 bridgehead atoms. The molecule has 2 aromatic carbocycles. The number of benzene rings is 2. The molecule has 1 N–H and O–H groups in total. The number of hydrogen-bond acceptors (Lipinski definition) is 3. The number of rotatable bonds is 5. The molecule has 1 aliphatic rings. The summed E-state index contributed by atoms with van der Waals surface area (Å²) in [6, 6.07) is 17.5. The third kappa shape index (κ3) is 3.28. The molecule has 1 aliphatic heterocycles. The predicted molar refractivity (Wildman–Crippen MR) is 99.6 cm³/mol. The van der Waals surface area contributed by atoms with Crippen LogP contribution in [0, 0.1) is 6.92 Å². The lowest BCUT2D eigenvalue weighted by atomic mass is 9.98. The van der Waals surface area contributed by atoms with E-state index in [2.05, 4.69) is 28.9 Å². The largest absolute Gasteiger partial charge is 0.454 e. The second-order valence-corrected chi connectivity index (χ2v) is 6.32. The molecule has 5 nitrogen and oxygen atoms in total. The van der Waals surface area contributed by atoms with Gasteiger partial charge in [0.25, 0.3) is 0 Å². The van der Waals surface area contributed by atoms with E-state index >= 15 is 0 Å². The first-order valence-corrected chi connectivity index (χ1v) is 8.58. The Bertz CT molecular complexity index is 919. The molecule has 1 atom stereocenters. The predicted octanol–water partition coefficient (Wildman–Crippen LogP) is 4.14. The molecule has 4 rings (SSSR count). The highest BCUT2D eigenvalue weighted by Crippen LogP contribution is 2.34. The highest BCUT2D eigenvalue weighted by Gasteiger charge is 2.20. The van der Waals surface area contributed by atoms with Crippen LogP contribution in [0.15, 0.2) is 67.0 Å². The van der Waals surface area contributed by atoms with Crippen molar-refractivity contribution >= 4 is 11.6 Å². The van der Waals surface area contributed by atoms with E-state index in [9.17, 15) is 4.79 Å². The maximum absolute atomic E-state index is 12.7. The zero-order valence-electron chi connectivity index (χ0n) is 14.5. The summed E-state index contributed by atoms with van der Waals surface area (Å²) in [5.41, 5.74) is 3.02. The van der Waals surface area contributed by atoms with E-state index in [-0.39, 0.29) is 18.7 Å². The summed E-state index contributed by atoms with van der Waals surface area (Å²) in [5, 5.41) is 2.97. The van der Waals surface area contributed by atoms with E-state index in [0.29, 0.717) is 23.6 Å². The van der Waals surface area contributed by atoms with Crippen LogP contribution in [0.4, 0.5) is 5.69 Å². The number of carbonyl (C=O) groups excluding carboxylic acids is 1. The first-order chi connectivity index (χ1) is 12.7. The summed E-state index contributed by atoms with van der Waals surface area (Å²) < 4.78 is 12.7. The van der Waals surface area contributed by atoms with E-state index in [0.717, 1.165) is 5.56 Å². The molecule has 0 fully saturated rings. The zero-order chi connectivity index (χ0) is 17.9. The lowest BCUT2D eigenvalue weighted by Gasteiger charge is -2.21. The van der Waals surface area contributed by atoms with Crippen LogP contribution in [0.25, 0.3) is 0 Å². The fraction of sp³-hybridized carbons (Fsp3) is 0.190. The standard InChI is InChI=1S/C21H20N2O3/c1-15-6-2-3-7-17(15)18(23-10-4-5-11-23)13-21(24)22-16-8-9-19-20(12-16)26-14-25-19/h2-12,18H,13-14H2,1H3,(H,22,24). The molecular weight excluding hydrogens is 328 g/mol. The van der Waals surface area contributed by atoms with Gasteiger partial charge >= 0.3 is 0 Å². The highest BCUT2D eigenvalue weighted by molar-refractivity contribution is 5.91. The molecule has 0 saturated heterocycles. The van der Waals surface area contributed by atoms with E-state index in [1.54, 1.807) is 6.07 Å². The first kappa shape index (κ1) is 16.3. The number of nitrogens with one attached hydrogen (secondary N) is 1. The summed E-state index contributed by atoms with van der Waals surface area (Å²) in [4.78, 5) is 12.7. The lowest BCUT2D eigenvalue weighted by Crippen LogP contribution is -2.20. The van der Waals surface area contributed by atoms with E-state index in [4.69, 9.17) is 9.47 Å². The van der Waals surface area contributed by atoms with E-state index in [1.807, 2.05) is 48.8 Å². The summed E-state index contributed by atoms with van der Waals surface area (Å²) in [6.45, 7) is 2.29. The highest BCUT2D eigenvalue weighted by atomic mass is 16.7. The third-order valence-corrected chi connectivity index (χ3v) is 4.57. The van der Waals surface area contributed by atoms with Gasteiger partial charge < -0.3 is 19.4 Å². The molecular formula is C21H20N2O3. The number of carbonyl (C=O) groups is 1. The Balaban J connectivity index is 1.54. The quantitative estimate of drug-likeness (QED) is 0.754. The van der Waals surface area contributed by atoms with Crippen LogP contribution in [0.2, 0.25) is 0 Å². The minimum Gasteiger partial charge on any atom is -0.454 e. The molecule has 0 aliphatic carbocycles.